The molecule has 116 valence electrons. The van der Waals surface area contributed by atoms with Crippen LogP contribution in [0.25, 0.3) is 0 Å². The topological polar surface area (TPSA) is 28.2 Å². The number of hydrogen-bond donors (Lipinski definition) is 1. The summed E-state index contributed by atoms with van der Waals surface area (Å²) in [5.41, 5.74) is 1.44. The Morgan fingerprint density at radius 2 is 2.10 bits per heavy atom. The van der Waals surface area contributed by atoms with E-state index in [9.17, 15) is 0 Å². The van der Waals surface area contributed by atoms with Gasteiger partial charge >= 0.3 is 0 Å². The van der Waals surface area contributed by atoms with Gasteiger partial charge in [0.05, 0.1) is 12.2 Å². The number of thiazole rings is 1. The van der Waals surface area contributed by atoms with Gasteiger partial charge in [-0.3, -0.25) is 4.90 Å². The molecule has 3 aliphatic rings. The molecule has 0 aromatic carbocycles. The fourth-order valence-corrected chi connectivity index (χ4v) is 4.58. The SMILES string of the molecule is CC1CCCN(Cc2nc(C3CC3)c(CNC3CC3)s2)C1. The molecule has 0 radical (unpaired) electrons. The summed E-state index contributed by atoms with van der Waals surface area (Å²) in [5.74, 6) is 1.64. The molecule has 2 aliphatic carbocycles. The second kappa shape index (κ2) is 5.98. The molecule has 1 aromatic rings. The van der Waals surface area contributed by atoms with Crippen molar-refractivity contribution in [2.45, 2.75) is 70.5 Å². The van der Waals surface area contributed by atoms with E-state index in [1.807, 2.05) is 11.3 Å². The van der Waals surface area contributed by atoms with E-state index < -0.39 is 0 Å². The van der Waals surface area contributed by atoms with E-state index in [1.54, 1.807) is 0 Å². The lowest BCUT2D eigenvalue weighted by atomic mass is 10.0. The zero-order valence-electron chi connectivity index (χ0n) is 13.1. The smallest absolute Gasteiger partial charge is 0.107 e. The molecule has 21 heavy (non-hydrogen) atoms. The van der Waals surface area contributed by atoms with Crippen LogP contribution in [0.2, 0.25) is 0 Å². The average molecular weight is 305 g/mol. The van der Waals surface area contributed by atoms with Gasteiger partial charge < -0.3 is 5.32 Å². The highest BCUT2D eigenvalue weighted by Crippen LogP contribution is 2.43. The molecule has 2 heterocycles. The third-order valence-electron chi connectivity index (χ3n) is 4.96. The Labute approximate surface area is 132 Å². The standard InChI is InChI=1S/C17H27N3S/c1-12-3-2-8-20(10-12)11-16-19-17(13-4-5-13)15(21-16)9-18-14-6-7-14/h12-14,18H,2-11H2,1H3. The highest BCUT2D eigenvalue weighted by atomic mass is 32.1. The molecular formula is C17H27N3S. The average Bonchev–Trinajstić information content (AvgIpc) is 3.37. The fraction of sp³-hybridized carbons (Fsp3) is 0.824. The molecular weight excluding hydrogens is 278 g/mol. The van der Waals surface area contributed by atoms with Crippen LogP contribution in [0.3, 0.4) is 0 Å². The summed E-state index contributed by atoms with van der Waals surface area (Å²) >= 11 is 1.98. The Morgan fingerprint density at radius 3 is 2.81 bits per heavy atom. The first-order valence-corrected chi connectivity index (χ1v) is 9.54. The van der Waals surface area contributed by atoms with E-state index in [1.165, 1.54) is 67.2 Å². The van der Waals surface area contributed by atoms with Gasteiger partial charge in [0.25, 0.3) is 0 Å². The van der Waals surface area contributed by atoms with Crippen LogP contribution < -0.4 is 5.32 Å². The highest BCUT2D eigenvalue weighted by molar-refractivity contribution is 7.11. The Balaban J connectivity index is 1.42. The van der Waals surface area contributed by atoms with Crippen molar-refractivity contribution in [3.05, 3.63) is 15.6 Å². The molecule has 1 atom stereocenters. The van der Waals surface area contributed by atoms with Gasteiger partial charge in [-0.1, -0.05) is 6.92 Å². The van der Waals surface area contributed by atoms with E-state index in [0.717, 1.165) is 31.0 Å². The molecule has 1 aliphatic heterocycles. The first-order valence-electron chi connectivity index (χ1n) is 8.72. The molecule has 4 heteroatoms. The summed E-state index contributed by atoms with van der Waals surface area (Å²) in [4.78, 5) is 9.17. The molecule has 4 rings (SSSR count). The van der Waals surface area contributed by atoms with Crippen LogP contribution in [0, 0.1) is 5.92 Å². The molecule has 3 nitrogen and oxygen atoms in total. The zero-order chi connectivity index (χ0) is 14.2. The number of nitrogens with zero attached hydrogens (tertiary/aromatic N) is 2. The number of aromatic nitrogens is 1. The summed E-state index contributed by atoms with van der Waals surface area (Å²) in [6, 6.07) is 0.797. The molecule has 1 unspecified atom stereocenters. The minimum atomic E-state index is 0.784. The first kappa shape index (κ1) is 14.2. The summed E-state index contributed by atoms with van der Waals surface area (Å²) in [6.07, 6.45) is 8.23. The van der Waals surface area contributed by atoms with Crippen LogP contribution >= 0.6 is 11.3 Å². The molecule has 0 amide bonds. The normalized spacial score (nSPS) is 27.2. The first-order chi connectivity index (χ1) is 10.3. The molecule has 1 N–H and O–H groups in total. The maximum Gasteiger partial charge on any atom is 0.107 e. The molecule has 3 fully saturated rings. The minimum Gasteiger partial charge on any atom is -0.309 e. The van der Waals surface area contributed by atoms with Gasteiger partial charge in [0, 0.05) is 29.9 Å². The van der Waals surface area contributed by atoms with E-state index in [2.05, 4.69) is 17.1 Å². The van der Waals surface area contributed by atoms with Crippen molar-refractivity contribution in [1.82, 2.24) is 15.2 Å². The third kappa shape index (κ3) is 3.66. The summed E-state index contributed by atoms with van der Waals surface area (Å²) in [6.45, 7) is 7.05. The Bertz CT molecular complexity index is 490. The van der Waals surface area contributed by atoms with Crippen molar-refractivity contribution < 1.29 is 0 Å². The fourth-order valence-electron chi connectivity index (χ4n) is 3.43. The molecule has 1 aromatic heterocycles. The number of nitrogens with one attached hydrogen (secondary N) is 1. The van der Waals surface area contributed by atoms with E-state index >= 15 is 0 Å². The van der Waals surface area contributed by atoms with Gasteiger partial charge in [-0.25, -0.2) is 4.98 Å². The number of hydrogen-bond acceptors (Lipinski definition) is 4. The van der Waals surface area contributed by atoms with Crippen LogP contribution in [-0.2, 0) is 13.1 Å². The third-order valence-corrected chi connectivity index (χ3v) is 6.02. The lowest BCUT2D eigenvalue weighted by Crippen LogP contribution is -2.33. The maximum absolute atomic E-state index is 5.03. The van der Waals surface area contributed by atoms with Crippen LogP contribution in [0.5, 0.6) is 0 Å². The lowest BCUT2D eigenvalue weighted by Gasteiger charge is -2.29. The molecule has 0 bridgehead atoms. The molecule has 0 spiro atoms. The molecule has 2 saturated carbocycles. The minimum absolute atomic E-state index is 0.784. The van der Waals surface area contributed by atoms with Crippen LogP contribution in [0.1, 0.15) is 66.9 Å². The van der Waals surface area contributed by atoms with Gasteiger partial charge in [-0.15, -0.1) is 11.3 Å². The van der Waals surface area contributed by atoms with E-state index in [-0.39, 0.29) is 0 Å². The predicted octanol–water partition coefficient (Wildman–Crippen LogP) is 3.50. The van der Waals surface area contributed by atoms with Crippen molar-refractivity contribution in [3.63, 3.8) is 0 Å². The number of likely N-dealkylation sites (tertiary alicyclic amines) is 1. The van der Waals surface area contributed by atoms with E-state index in [0.29, 0.717) is 0 Å². The van der Waals surface area contributed by atoms with Gasteiger partial charge in [0.2, 0.25) is 0 Å². The van der Waals surface area contributed by atoms with Gasteiger partial charge in [-0.05, 0) is 51.0 Å². The second-order valence-electron chi connectivity index (χ2n) is 7.33. The molecule has 1 saturated heterocycles. The number of rotatable bonds is 6. The van der Waals surface area contributed by atoms with Crippen LogP contribution in [-0.4, -0.2) is 29.0 Å². The summed E-state index contributed by atoms with van der Waals surface area (Å²) in [5, 5.41) is 5.04. The monoisotopic (exact) mass is 305 g/mol. The maximum atomic E-state index is 5.03. The van der Waals surface area contributed by atoms with Crippen LogP contribution in [0.4, 0.5) is 0 Å². The Hall–Kier alpha value is -0.450. The van der Waals surface area contributed by atoms with Crippen LogP contribution in [0.15, 0.2) is 0 Å². The van der Waals surface area contributed by atoms with Crippen molar-refractivity contribution >= 4 is 11.3 Å². The number of piperidine rings is 1. The van der Waals surface area contributed by atoms with Crippen molar-refractivity contribution in [3.8, 4) is 0 Å². The van der Waals surface area contributed by atoms with Gasteiger partial charge in [-0.2, -0.15) is 0 Å². The Morgan fingerprint density at radius 1 is 1.24 bits per heavy atom. The van der Waals surface area contributed by atoms with Gasteiger partial charge in [0.1, 0.15) is 5.01 Å². The van der Waals surface area contributed by atoms with Crippen molar-refractivity contribution in [2.24, 2.45) is 5.92 Å². The largest absolute Gasteiger partial charge is 0.309 e. The van der Waals surface area contributed by atoms with E-state index in [4.69, 9.17) is 4.98 Å². The lowest BCUT2D eigenvalue weighted by molar-refractivity contribution is 0.176. The van der Waals surface area contributed by atoms with Gasteiger partial charge in [0.15, 0.2) is 0 Å². The quantitative estimate of drug-likeness (QED) is 0.872. The predicted molar refractivity (Wildman–Crippen MR) is 87.6 cm³/mol. The second-order valence-corrected chi connectivity index (χ2v) is 8.50. The summed E-state index contributed by atoms with van der Waals surface area (Å²) in [7, 11) is 0. The van der Waals surface area contributed by atoms with Crippen molar-refractivity contribution in [1.29, 1.82) is 0 Å². The highest BCUT2D eigenvalue weighted by Gasteiger charge is 2.31. The zero-order valence-corrected chi connectivity index (χ0v) is 13.9. The Kier molecular flexibility index (Phi) is 4.03. The van der Waals surface area contributed by atoms with Crippen molar-refractivity contribution in [2.75, 3.05) is 13.1 Å². The summed E-state index contributed by atoms with van der Waals surface area (Å²) < 4.78 is 0.